The summed E-state index contributed by atoms with van der Waals surface area (Å²) in [7, 11) is 0. The lowest BCUT2D eigenvalue weighted by molar-refractivity contribution is -0.123. The van der Waals surface area contributed by atoms with Gasteiger partial charge in [-0.3, -0.25) is 24.2 Å². The van der Waals surface area contributed by atoms with Gasteiger partial charge in [0.15, 0.2) is 0 Å². The van der Waals surface area contributed by atoms with E-state index in [4.69, 9.17) is 12.2 Å². The van der Waals surface area contributed by atoms with E-state index in [1.807, 2.05) is 49.4 Å². The molecule has 3 amide bonds. The van der Waals surface area contributed by atoms with Crippen LogP contribution in [0.2, 0.25) is 0 Å². The molecule has 3 aliphatic rings. The number of thioether (sulfide) groups is 1. The third kappa shape index (κ3) is 3.87. The SMILES string of the molecule is Cc1ccccc1NC(=O)CN1C(=O)C(=C2SC(=S)N(C3CCCC3)C2=O)c2ccccc21. The molecule has 1 N–H and O–H groups in total. The Morgan fingerprint density at radius 1 is 1.06 bits per heavy atom. The van der Waals surface area contributed by atoms with Gasteiger partial charge < -0.3 is 5.32 Å². The van der Waals surface area contributed by atoms with Crippen LogP contribution in [0.25, 0.3) is 5.57 Å². The highest BCUT2D eigenvalue weighted by Gasteiger charge is 2.44. The summed E-state index contributed by atoms with van der Waals surface area (Å²) in [6.07, 6.45) is 4.04. The average molecular weight is 478 g/mol. The van der Waals surface area contributed by atoms with E-state index in [9.17, 15) is 14.4 Å². The van der Waals surface area contributed by atoms with E-state index >= 15 is 0 Å². The highest BCUT2D eigenvalue weighted by atomic mass is 32.2. The summed E-state index contributed by atoms with van der Waals surface area (Å²) in [4.78, 5) is 43.2. The van der Waals surface area contributed by atoms with Crippen LogP contribution >= 0.6 is 24.0 Å². The number of hydrogen-bond donors (Lipinski definition) is 1. The molecule has 2 aliphatic heterocycles. The van der Waals surface area contributed by atoms with E-state index < -0.39 is 0 Å². The highest BCUT2D eigenvalue weighted by molar-refractivity contribution is 8.26. The van der Waals surface area contributed by atoms with Crippen molar-refractivity contribution in [3.05, 3.63) is 64.6 Å². The summed E-state index contributed by atoms with van der Waals surface area (Å²) >= 11 is 6.73. The maximum Gasteiger partial charge on any atom is 0.267 e. The molecule has 0 unspecified atom stereocenters. The van der Waals surface area contributed by atoms with Gasteiger partial charge in [0, 0.05) is 17.3 Å². The molecule has 0 aromatic heterocycles. The second-order valence-corrected chi connectivity index (χ2v) is 10.1. The normalized spacial score (nSPS) is 20.7. The Hall–Kier alpha value is -2.97. The summed E-state index contributed by atoms with van der Waals surface area (Å²) in [6.45, 7) is 1.77. The number of rotatable bonds is 4. The number of para-hydroxylation sites is 2. The summed E-state index contributed by atoms with van der Waals surface area (Å²) in [6, 6.07) is 14.9. The minimum atomic E-state index is -0.344. The molecule has 6 nitrogen and oxygen atoms in total. The summed E-state index contributed by atoms with van der Waals surface area (Å²) in [5.74, 6) is -0.837. The van der Waals surface area contributed by atoms with Crippen molar-refractivity contribution in [2.45, 2.75) is 38.6 Å². The number of hydrogen-bond acceptors (Lipinski definition) is 5. The predicted octanol–water partition coefficient (Wildman–Crippen LogP) is 4.49. The van der Waals surface area contributed by atoms with E-state index in [0.717, 1.165) is 31.2 Å². The number of nitrogens with zero attached hydrogens (tertiary/aromatic N) is 2. The van der Waals surface area contributed by atoms with E-state index in [2.05, 4.69) is 5.32 Å². The number of fused-ring (bicyclic) bond motifs is 1. The predicted molar refractivity (Wildman–Crippen MR) is 135 cm³/mol. The smallest absolute Gasteiger partial charge is 0.267 e. The second-order valence-electron chi connectivity index (χ2n) is 8.46. The van der Waals surface area contributed by atoms with E-state index in [-0.39, 0.29) is 30.3 Å². The van der Waals surface area contributed by atoms with Crippen LogP contribution in [0.4, 0.5) is 11.4 Å². The molecule has 1 saturated carbocycles. The minimum absolute atomic E-state index is 0.110. The number of nitrogens with one attached hydrogen (secondary N) is 1. The Morgan fingerprint density at radius 3 is 2.52 bits per heavy atom. The highest BCUT2D eigenvalue weighted by Crippen LogP contribution is 2.46. The molecule has 0 atom stereocenters. The number of aryl methyl sites for hydroxylation is 1. The number of thiocarbonyl (C=S) groups is 1. The van der Waals surface area contributed by atoms with Crippen molar-refractivity contribution in [2.24, 2.45) is 0 Å². The molecule has 5 rings (SSSR count). The van der Waals surface area contributed by atoms with Crippen LogP contribution in [0, 0.1) is 6.92 Å². The molecular weight excluding hydrogens is 454 g/mol. The Balaban J connectivity index is 1.45. The minimum Gasteiger partial charge on any atom is -0.324 e. The van der Waals surface area contributed by atoms with Crippen molar-refractivity contribution in [3.8, 4) is 0 Å². The quantitative estimate of drug-likeness (QED) is 0.519. The number of carbonyl (C=O) groups excluding carboxylic acids is 3. The first kappa shape index (κ1) is 21.9. The number of anilines is 2. The molecule has 1 aliphatic carbocycles. The Morgan fingerprint density at radius 2 is 1.76 bits per heavy atom. The van der Waals surface area contributed by atoms with E-state index in [0.29, 0.717) is 31.7 Å². The van der Waals surface area contributed by atoms with Crippen LogP contribution in [0.15, 0.2) is 53.4 Å². The van der Waals surface area contributed by atoms with Gasteiger partial charge in [-0.15, -0.1) is 0 Å². The van der Waals surface area contributed by atoms with Crippen LogP contribution < -0.4 is 10.2 Å². The van der Waals surface area contributed by atoms with Gasteiger partial charge in [0.2, 0.25) is 5.91 Å². The molecule has 2 heterocycles. The van der Waals surface area contributed by atoms with Gasteiger partial charge in [0.05, 0.1) is 16.2 Å². The number of amides is 3. The first-order valence-electron chi connectivity index (χ1n) is 11.0. The number of carbonyl (C=O) groups is 3. The van der Waals surface area contributed by atoms with E-state index in [1.54, 1.807) is 11.0 Å². The lowest BCUT2D eigenvalue weighted by Crippen LogP contribution is -2.37. The van der Waals surface area contributed by atoms with Crippen molar-refractivity contribution >= 4 is 63.0 Å². The van der Waals surface area contributed by atoms with Gasteiger partial charge in [-0.2, -0.15) is 0 Å². The fourth-order valence-electron chi connectivity index (χ4n) is 4.71. The van der Waals surface area contributed by atoms with Gasteiger partial charge in [0.25, 0.3) is 11.8 Å². The topological polar surface area (TPSA) is 69.7 Å². The van der Waals surface area contributed by atoms with E-state index in [1.165, 1.54) is 16.7 Å². The monoisotopic (exact) mass is 477 g/mol. The third-order valence-corrected chi connectivity index (χ3v) is 7.76. The van der Waals surface area contributed by atoms with Crippen molar-refractivity contribution in [3.63, 3.8) is 0 Å². The molecule has 2 fully saturated rings. The van der Waals surface area contributed by atoms with Gasteiger partial charge >= 0.3 is 0 Å². The van der Waals surface area contributed by atoms with Gasteiger partial charge in [0.1, 0.15) is 10.9 Å². The lowest BCUT2D eigenvalue weighted by Gasteiger charge is -2.22. The molecule has 0 radical (unpaired) electrons. The summed E-state index contributed by atoms with van der Waals surface area (Å²) < 4.78 is 0.510. The first-order chi connectivity index (χ1) is 16.0. The molecule has 168 valence electrons. The zero-order valence-corrected chi connectivity index (χ0v) is 19.8. The van der Waals surface area contributed by atoms with Crippen LogP contribution in [0.1, 0.15) is 36.8 Å². The maximum atomic E-state index is 13.5. The van der Waals surface area contributed by atoms with Crippen LogP contribution in [0.5, 0.6) is 0 Å². The Bertz CT molecular complexity index is 1220. The lowest BCUT2D eigenvalue weighted by atomic mass is 10.1. The number of benzene rings is 2. The molecule has 2 aromatic rings. The molecule has 0 spiro atoms. The molecule has 2 aromatic carbocycles. The van der Waals surface area contributed by atoms with Crippen molar-refractivity contribution in [2.75, 3.05) is 16.8 Å². The molecule has 33 heavy (non-hydrogen) atoms. The second kappa shape index (κ2) is 8.76. The molecular formula is C25H23N3O3S2. The van der Waals surface area contributed by atoms with Gasteiger partial charge in [-0.05, 0) is 37.5 Å². The van der Waals surface area contributed by atoms with Crippen molar-refractivity contribution in [1.82, 2.24) is 4.90 Å². The Labute approximate surface area is 202 Å². The maximum absolute atomic E-state index is 13.5. The zero-order chi connectivity index (χ0) is 23.1. The van der Waals surface area contributed by atoms with Gasteiger partial charge in [-0.1, -0.05) is 73.2 Å². The van der Waals surface area contributed by atoms with Crippen molar-refractivity contribution < 1.29 is 14.4 Å². The fraction of sp³-hybridized carbons (Fsp3) is 0.280. The summed E-state index contributed by atoms with van der Waals surface area (Å²) in [5, 5.41) is 2.88. The molecule has 0 bridgehead atoms. The zero-order valence-electron chi connectivity index (χ0n) is 18.2. The Kier molecular flexibility index (Phi) is 5.80. The van der Waals surface area contributed by atoms with Crippen LogP contribution in [0.3, 0.4) is 0 Å². The fourth-order valence-corrected chi connectivity index (χ4v) is 6.18. The van der Waals surface area contributed by atoms with Gasteiger partial charge in [-0.25, -0.2) is 0 Å². The molecule has 1 saturated heterocycles. The van der Waals surface area contributed by atoms with Crippen molar-refractivity contribution in [1.29, 1.82) is 0 Å². The largest absolute Gasteiger partial charge is 0.324 e. The first-order valence-corrected chi connectivity index (χ1v) is 12.2. The third-order valence-electron chi connectivity index (χ3n) is 6.36. The van der Waals surface area contributed by atoms with Crippen LogP contribution in [-0.2, 0) is 14.4 Å². The molecule has 8 heteroatoms. The average Bonchev–Trinajstić information content (AvgIpc) is 3.48. The van der Waals surface area contributed by atoms with Crippen LogP contribution in [-0.4, -0.2) is 39.5 Å². The summed E-state index contributed by atoms with van der Waals surface area (Å²) in [5.41, 5.74) is 3.28. The standard InChI is InChI=1S/C25H23N3O3S2/c1-15-8-2-6-12-18(15)26-20(29)14-27-19-13-7-5-11-17(19)21(23(27)30)22-24(31)28(25(32)33-22)16-9-3-4-10-16/h2,5-8,11-13,16H,3-4,9-10,14H2,1H3,(H,26,29).